The van der Waals surface area contributed by atoms with Crippen LogP contribution in [0, 0.1) is 13.8 Å². The number of aromatic nitrogens is 3. The van der Waals surface area contributed by atoms with E-state index in [0.717, 1.165) is 5.75 Å². The van der Waals surface area contributed by atoms with E-state index in [1.54, 1.807) is 25.3 Å². The van der Waals surface area contributed by atoms with Crippen LogP contribution in [0.15, 0.2) is 71.4 Å². The minimum atomic E-state index is -0.0907. The van der Waals surface area contributed by atoms with Crippen LogP contribution in [0.4, 0.5) is 0 Å². The van der Waals surface area contributed by atoms with Gasteiger partial charge in [0.15, 0.2) is 0 Å². The van der Waals surface area contributed by atoms with E-state index in [-0.39, 0.29) is 5.41 Å². The maximum absolute atomic E-state index is 6.01. The van der Waals surface area contributed by atoms with Gasteiger partial charge in [-0.3, -0.25) is 4.98 Å². The van der Waals surface area contributed by atoms with Crippen molar-refractivity contribution in [2.75, 3.05) is 0 Å². The summed E-state index contributed by atoms with van der Waals surface area (Å²) in [4.78, 5) is 8.49. The van der Waals surface area contributed by atoms with Gasteiger partial charge in [0, 0.05) is 24.6 Å². The van der Waals surface area contributed by atoms with Gasteiger partial charge in [-0.05, 0) is 36.2 Å². The van der Waals surface area contributed by atoms with Crippen LogP contribution in [-0.4, -0.2) is 15.1 Å². The molecule has 0 fully saturated rings. The Kier molecular flexibility index (Phi) is 4.89. The van der Waals surface area contributed by atoms with Crippen molar-refractivity contribution in [2.45, 2.75) is 33.1 Å². The molecule has 0 spiro atoms. The van der Waals surface area contributed by atoms with Gasteiger partial charge >= 0.3 is 0 Å². The van der Waals surface area contributed by atoms with Crippen LogP contribution >= 0.6 is 0 Å². The molecular formula is C24H23N3O2. The molecule has 4 rings (SSSR count). The van der Waals surface area contributed by atoms with Crippen LogP contribution in [0.1, 0.15) is 36.4 Å². The second kappa shape index (κ2) is 7.51. The molecule has 0 aliphatic carbocycles. The molecule has 5 heteroatoms. The summed E-state index contributed by atoms with van der Waals surface area (Å²) in [7, 11) is 0. The first-order valence-corrected chi connectivity index (χ1v) is 9.54. The Morgan fingerprint density at radius 3 is 2.10 bits per heavy atom. The third-order valence-corrected chi connectivity index (χ3v) is 5.07. The summed E-state index contributed by atoms with van der Waals surface area (Å²) >= 11 is 0. The second-order valence-corrected chi connectivity index (χ2v) is 7.63. The van der Waals surface area contributed by atoms with Crippen LogP contribution in [-0.2, 0) is 5.41 Å². The normalized spacial score (nSPS) is 11.4. The number of aryl methyl sites for hydroxylation is 2. The number of nitrogens with zero attached hydrogens (tertiary/aromatic N) is 3. The first-order chi connectivity index (χ1) is 13.9. The lowest BCUT2D eigenvalue weighted by molar-refractivity contribution is 0.394. The van der Waals surface area contributed by atoms with Crippen molar-refractivity contribution < 1.29 is 9.26 Å². The van der Waals surface area contributed by atoms with Gasteiger partial charge < -0.3 is 9.26 Å². The van der Waals surface area contributed by atoms with Crippen LogP contribution in [0.5, 0.6) is 11.5 Å². The molecule has 0 unspecified atom stereocenters. The highest BCUT2D eigenvalue weighted by Gasteiger charge is 2.23. The van der Waals surface area contributed by atoms with Crippen LogP contribution in [0.3, 0.4) is 0 Å². The number of benzene rings is 2. The van der Waals surface area contributed by atoms with Crippen molar-refractivity contribution >= 4 is 0 Å². The molecule has 0 bridgehead atoms. The monoisotopic (exact) mass is 385 g/mol. The van der Waals surface area contributed by atoms with E-state index < -0.39 is 0 Å². The van der Waals surface area contributed by atoms with Crippen molar-refractivity contribution in [2.24, 2.45) is 0 Å². The Morgan fingerprint density at radius 2 is 1.48 bits per heavy atom. The zero-order valence-electron chi connectivity index (χ0n) is 17.0. The molecule has 0 N–H and O–H groups in total. The number of hydrogen-bond donors (Lipinski definition) is 0. The fraction of sp³-hybridized carbons (Fsp3) is 0.208. The maximum Gasteiger partial charge on any atom is 0.223 e. The van der Waals surface area contributed by atoms with Gasteiger partial charge in [-0.25, -0.2) is 0 Å². The van der Waals surface area contributed by atoms with Crippen LogP contribution in [0.2, 0.25) is 0 Å². The molecule has 2 heterocycles. The predicted octanol–water partition coefficient (Wildman–Crippen LogP) is 5.87. The highest BCUT2D eigenvalue weighted by atomic mass is 16.5. The van der Waals surface area contributed by atoms with E-state index in [1.165, 1.54) is 16.7 Å². The van der Waals surface area contributed by atoms with E-state index >= 15 is 0 Å². The van der Waals surface area contributed by atoms with Gasteiger partial charge in [0.25, 0.3) is 0 Å². The summed E-state index contributed by atoms with van der Waals surface area (Å²) in [5, 5.41) is 3.90. The van der Waals surface area contributed by atoms with Crippen LogP contribution in [0.25, 0.3) is 11.5 Å². The number of pyridine rings is 1. The fourth-order valence-electron chi connectivity index (χ4n) is 3.21. The quantitative estimate of drug-likeness (QED) is 0.430. The lowest BCUT2D eigenvalue weighted by Gasteiger charge is -2.26. The Morgan fingerprint density at radius 1 is 0.828 bits per heavy atom. The van der Waals surface area contributed by atoms with Gasteiger partial charge in [0.1, 0.15) is 17.2 Å². The standard InChI is InChI=1S/C24H23N3O2/c1-16-5-7-18(8-6-16)24(3,4)19-9-11-20(12-10-19)28-21-13-14-25-22(15-21)23-26-17(2)29-27-23/h5-15H,1-4H3. The van der Waals surface area contributed by atoms with E-state index in [4.69, 9.17) is 9.26 Å². The van der Waals surface area contributed by atoms with Crippen molar-refractivity contribution in [3.05, 3.63) is 89.4 Å². The number of hydrogen-bond acceptors (Lipinski definition) is 5. The molecule has 0 amide bonds. The van der Waals surface area contributed by atoms with Gasteiger partial charge in [-0.1, -0.05) is 61.0 Å². The summed E-state index contributed by atoms with van der Waals surface area (Å²) in [6, 6.07) is 20.5. The Labute approximate surface area is 170 Å². The predicted molar refractivity (Wildman–Crippen MR) is 112 cm³/mol. The maximum atomic E-state index is 6.01. The molecule has 29 heavy (non-hydrogen) atoms. The highest BCUT2D eigenvalue weighted by Crippen LogP contribution is 2.33. The van der Waals surface area contributed by atoms with Crippen LogP contribution < -0.4 is 4.74 Å². The van der Waals surface area contributed by atoms with E-state index in [0.29, 0.717) is 23.2 Å². The first kappa shape index (κ1) is 18.9. The fourth-order valence-corrected chi connectivity index (χ4v) is 3.21. The van der Waals surface area contributed by atoms with E-state index in [2.05, 4.69) is 72.3 Å². The molecule has 0 radical (unpaired) electrons. The summed E-state index contributed by atoms with van der Waals surface area (Å²) < 4.78 is 11.0. The molecule has 0 aliphatic rings. The van der Waals surface area contributed by atoms with Gasteiger partial charge in [0.05, 0.1) is 0 Å². The third-order valence-electron chi connectivity index (χ3n) is 5.07. The summed E-state index contributed by atoms with van der Waals surface area (Å²) in [5.41, 5.74) is 4.29. The topological polar surface area (TPSA) is 61.0 Å². The van der Waals surface area contributed by atoms with Crippen molar-refractivity contribution in [3.8, 4) is 23.0 Å². The molecule has 4 aromatic rings. The summed E-state index contributed by atoms with van der Waals surface area (Å²) in [6.07, 6.45) is 1.67. The molecule has 5 nitrogen and oxygen atoms in total. The van der Waals surface area contributed by atoms with Crippen molar-refractivity contribution in [3.63, 3.8) is 0 Å². The Hall–Kier alpha value is -3.47. The van der Waals surface area contributed by atoms with E-state index in [1.807, 2.05) is 12.1 Å². The first-order valence-electron chi connectivity index (χ1n) is 9.54. The zero-order valence-corrected chi connectivity index (χ0v) is 17.0. The van der Waals surface area contributed by atoms with Crippen molar-refractivity contribution in [1.82, 2.24) is 15.1 Å². The largest absolute Gasteiger partial charge is 0.457 e. The summed E-state index contributed by atoms with van der Waals surface area (Å²) in [6.45, 7) is 8.31. The Bertz CT molecular complexity index is 1110. The average molecular weight is 385 g/mol. The molecule has 0 saturated carbocycles. The second-order valence-electron chi connectivity index (χ2n) is 7.63. The van der Waals surface area contributed by atoms with Crippen molar-refractivity contribution in [1.29, 1.82) is 0 Å². The molecule has 0 aliphatic heterocycles. The van der Waals surface area contributed by atoms with Gasteiger partial charge in [-0.2, -0.15) is 4.98 Å². The highest BCUT2D eigenvalue weighted by molar-refractivity contribution is 5.51. The number of ether oxygens (including phenoxy) is 1. The van der Waals surface area contributed by atoms with E-state index in [9.17, 15) is 0 Å². The molecular weight excluding hydrogens is 362 g/mol. The molecule has 2 aromatic carbocycles. The Balaban J connectivity index is 1.53. The third kappa shape index (κ3) is 4.04. The lowest BCUT2D eigenvalue weighted by atomic mass is 9.78. The lowest BCUT2D eigenvalue weighted by Crippen LogP contribution is -2.18. The molecule has 2 aromatic heterocycles. The molecule has 0 atom stereocenters. The number of rotatable bonds is 5. The minimum Gasteiger partial charge on any atom is -0.457 e. The minimum absolute atomic E-state index is 0.0907. The van der Waals surface area contributed by atoms with Gasteiger partial charge in [-0.15, -0.1) is 0 Å². The average Bonchev–Trinajstić information content (AvgIpc) is 3.15. The SMILES string of the molecule is Cc1ccc(C(C)(C)c2ccc(Oc3ccnc(-c4noc(C)n4)c3)cc2)cc1. The molecule has 146 valence electrons. The van der Waals surface area contributed by atoms with Gasteiger partial charge in [0.2, 0.25) is 11.7 Å². The molecule has 0 saturated heterocycles. The summed E-state index contributed by atoms with van der Waals surface area (Å²) in [5.74, 6) is 2.38. The smallest absolute Gasteiger partial charge is 0.223 e. The zero-order chi connectivity index (χ0) is 20.4.